The van der Waals surface area contributed by atoms with Crippen LogP contribution in [-0.2, 0) is 6.42 Å². The van der Waals surface area contributed by atoms with E-state index in [2.05, 4.69) is 15.3 Å². The molecule has 1 aromatic carbocycles. The van der Waals surface area contributed by atoms with Crippen molar-refractivity contribution < 1.29 is 13.9 Å². The van der Waals surface area contributed by atoms with Crippen molar-refractivity contribution in [3.8, 4) is 17.2 Å². The van der Waals surface area contributed by atoms with Gasteiger partial charge in [-0.2, -0.15) is 0 Å². The average Bonchev–Trinajstić information content (AvgIpc) is 3.11. The summed E-state index contributed by atoms with van der Waals surface area (Å²) in [6.07, 6.45) is 5.38. The lowest BCUT2D eigenvalue weighted by Crippen LogP contribution is -2.25. The minimum Gasteiger partial charge on any atom is -0.497 e. The van der Waals surface area contributed by atoms with Crippen LogP contribution in [0.1, 0.15) is 16.1 Å². The SMILES string of the molecule is COc1ccc(-c2nc(CCNC(=O)c3ccncc3)co2)cc1. The fraction of sp³-hybridized carbons (Fsp3) is 0.167. The third-order valence-corrected chi connectivity index (χ3v) is 3.50. The minimum atomic E-state index is -0.128. The second-order valence-electron chi connectivity index (χ2n) is 5.11. The monoisotopic (exact) mass is 323 g/mol. The number of ether oxygens (including phenoxy) is 1. The molecular formula is C18H17N3O3. The summed E-state index contributed by atoms with van der Waals surface area (Å²) in [6.45, 7) is 0.482. The van der Waals surface area contributed by atoms with E-state index >= 15 is 0 Å². The van der Waals surface area contributed by atoms with Crippen LogP contribution in [0.15, 0.2) is 59.5 Å². The zero-order valence-electron chi connectivity index (χ0n) is 13.2. The van der Waals surface area contributed by atoms with Gasteiger partial charge in [-0.3, -0.25) is 9.78 Å². The number of nitrogens with zero attached hydrogens (tertiary/aromatic N) is 2. The average molecular weight is 323 g/mol. The van der Waals surface area contributed by atoms with Crippen LogP contribution in [0.4, 0.5) is 0 Å². The van der Waals surface area contributed by atoms with Gasteiger partial charge in [-0.15, -0.1) is 0 Å². The van der Waals surface area contributed by atoms with Crippen molar-refractivity contribution in [3.05, 3.63) is 66.3 Å². The van der Waals surface area contributed by atoms with Gasteiger partial charge in [0, 0.05) is 36.5 Å². The van der Waals surface area contributed by atoms with Crippen LogP contribution in [0, 0.1) is 0 Å². The van der Waals surface area contributed by atoms with Gasteiger partial charge in [0.25, 0.3) is 5.91 Å². The number of carbonyl (C=O) groups is 1. The Morgan fingerprint density at radius 2 is 1.92 bits per heavy atom. The summed E-state index contributed by atoms with van der Waals surface area (Å²) in [5.74, 6) is 1.20. The van der Waals surface area contributed by atoms with E-state index in [1.165, 1.54) is 0 Å². The zero-order valence-corrected chi connectivity index (χ0v) is 13.2. The maximum absolute atomic E-state index is 11.9. The molecule has 6 nitrogen and oxygen atoms in total. The van der Waals surface area contributed by atoms with E-state index in [9.17, 15) is 4.79 Å². The lowest BCUT2D eigenvalue weighted by molar-refractivity contribution is 0.0954. The minimum absolute atomic E-state index is 0.128. The topological polar surface area (TPSA) is 77.2 Å². The Hall–Kier alpha value is -3.15. The number of pyridine rings is 1. The van der Waals surface area contributed by atoms with E-state index in [1.807, 2.05) is 24.3 Å². The molecule has 0 aliphatic rings. The first kappa shape index (κ1) is 15.7. The molecule has 1 amide bonds. The van der Waals surface area contributed by atoms with Gasteiger partial charge < -0.3 is 14.5 Å². The first-order valence-corrected chi connectivity index (χ1v) is 7.53. The van der Waals surface area contributed by atoms with Crippen LogP contribution in [-0.4, -0.2) is 29.5 Å². The van der Waals surface area contributed by atoms with Crippen LogP contribution in [0.25, 0.3) is 11.5 Å². The van der Waals surface area contributed by atoms with Crippen molar-refractivity contribution in [2.75, 3.05) is 13.7 Å². The van der Waals surface area contributed by atoms with Crippen molar-refractivity contribution >= 4 is 5.91 Å². The highest BCUT2D eigenvalue weighted by Crippen LogP contribution is 2.21. The second-order valence-corrected chi connectivity index (χ2v) is 5.11. The van der Waals surface area contributed by atoms with E-state index in [-0.39, 0.29) is 5.91 Å². The summed E-state index contributed by atoms with van der Waals surface area (Å²) >= 11 is 0. The molecule has 1 N–H and O–H groups in total. The van der Waals surface area contributed by atoms with Crippen LogP contribution in [0.3, 0.4) is 0 Å². The number of hydrogen-bond acceptors (Lipinski definition) is 5. The number of hydrogen-bond donors (Lipinski definition) is 1. The third kappa shape index (κ3) is 3.78. The van der Waals surface area contributed by atoms with Gasteiger partial charge in [-0.25, -0.2) is 4.98 Å². The number of benzene rings is 1. The van der Waals surface area contributed by atoms with Crippen LogP contribution >= 0.6 is 0 Å². The molecule has 0 bridgehead atoms. The van der Waals surface area contributed by atoms with Crippen molar-refractivity contribution in [1.82, 2.24) is 15.3 Å². The lowest BCUT2D eigenvalue weighted by atomic mass is 10.2. The van der Waals surface area contributed by atoms with Crippen LogP contribution < -0.4 is 10.1 Å². The molecule has 0 atom stereocenters. The number of carbonyl (C=O) groups excluding carboxylic acids is 1. The Bertz CT molecular complexity index is 798. The predicted molar refractivity (Wildman–Crippen MR) is 88.8 cm³/mol. The maximum atomic E-state index is 11.9. The summed E-state index contributed by atoms with van der Waals surface area (Å²) < 4.78 is 10.6. The first-order chi connectivity index (χ1) is 11.8. The fourth-order valence-electron chi connectivity index (χ4n) is 2.20. The van der Waals surface area contributed by atoms with Gasteiger partial charge in [0.2, 0.25) is 5.89 Å². The molecule has 3 rings (SSSR count). The van der Waals surface area contributed by atoms with E-state index in [1.54, 1.807) is 37.9 Å². The van der Waals surface area contributed by atoms with E-state index in [0.717, 1.165) is 17.0 Å². The molecule has 24 heavy (non-hydrogen) atoms. The number of oxazole rings is 1. The van der Waals surface area contributed by atoms with Gasteiger partial charge >= 0.3 is 0 Å². The number of rotatable bonds is 6. The largest absolute Gasteiger partial charge is 0.497 e. The summed E-state index contributed by atoms with van der Waals surface area (Å²) in [4.78, 5) is 20.3. The number of aromatic nitrogens is 2. The lowest BCUT2D eigenvalue weighted by Gasteiger charge is -2.03. The molecule has 0 aliphatic heterocycles. The Kier molecular flexibility index (Phi) is 4.86. The van der Waals surface area contributed by atoms with Gasteiger partial charge in [0.15, 0.2) is 0 Å². The van der Waals surface area contributed by atoms with E-state index in [4.69, 9.17) is 9.15 Å². The molecule has 2 aromatic heterocycles. The van der Waals surface area contributed by atoms with Gasteiger partial charge in [0.05, 0.1) is 12.8 Å². The molecule has 0 saturated heterocycles. The first-order valence-electron chi connectivity index (χ1n) is 7.53. The standard InChI is InChI=1S/C18H17N3O3/c1-23-16-4-2-14(3-5-16)18-21-15(12-24-18)8-11-20-17(22)13-6-9-19-10-7-13/h2-7,9-10,12H,8,11H2,1H3,(H,20,22). The Morgan fingerprint density at radius 3 is 2.62 bits per heavy atom. The smallest absolute Gasteiger partial charge is 0.251 e. The molecule has 0 radical (unpaired) electrons. The number of methoxy groups -OCH3 is 1. The molecule has 122 valence electrons. The second kappa shape index (κ2) is 7.41. The van der Waals surface area contributed by atoms with Gasteiger partial charge in [-0.05, 0) is 36.4 Å². The van der Waals surface area contributed by atoms with Crippen molar-refractivity contribution in [2.45, 2.75) is 6.42 Å². The fourth-order valence-corrected chi connectivity index (χ4v) is 2.20. The van der Waals surface area contributed by atoms with Gasteiger partial charge in [-0.1, -0.05) is 0 Å². The molecular weight excluding hydrogens is 306 g/mol. The van der Waals surface area contributed by atoms with Crippen LogP contribution in [0.5, 0.6) is 5.75 Å². The third-order valence-electron chi connectivity index (χ3n) is 3.50. The Balaban J connectivity index is 1.55. The highest BCUT2D eigenvalue weighted by Gasteiger charge is 2.08. The maximum Gasteiger partial charge on any atom is 0.251 e. The van der Waals surface area contributed by atoms with E-state index in [0.29, 0.717) is 24.4 Å². The molecule has 0 saturated carbocycles. The Labute approximate surface area is 139 Å². The van der Waals surface area contributed by atoms with Crippen LogP contribution in [0.2, 0.25) is 0 Å². The molecule has 0 fully saturated rings. The Morgan fingerprint density at radius 1 is 1.17 bits per heavy atom. The highest BCUT2D eigenvalue weighted by atomic mass is 16.5. The molecule has 2 heterocycles. The molecule has 0 spiro atoms. The quantitative estimate of drug-likeness (QED) is 0.755. The highest BCUT2D eigenvalue weighted by molar-refractivity contribution is 5.93. The van der Waals surface area contributed by atoms with Crippen molar-refractivity contribution in [1.29, 1.82) is 0 Å². The molecule has 3 aromatic rings. The van der Waals surface area contributed by atoms with Crippen molar-refractivity contribution in [3.63, 3.8) is 0 Å². The predicted octanol–water partition coefficient (Wildman–Crippen LogP) is 2.72. The summed E-state index contributed by atoms with van der Waals surface area (Å²) in [5.41, 5.74) is 2.25. The number of nitrogens with one attached hydrogen (secondary N) is 1. The normalized spacial score (nSPS) is 10.4. The summed E-state index contributed by atoms with van der Waals surface area (Å²) in [5, 5.41) is 2.85. The molecule has 0 unspecified atom stereocenters. The molecule has 0 aliphatic carbocycles. The molecule has 6 heteroatoms. The summed E-state index contributed by atoms with van der Waals surface area (Å²) in [6, 6.07) is 10.8. The number of amides is 1. The summed E-state index contributed by atoms with van der Waals surface area (Å²) in [7, 11) is 1.62. The zero-order chi connectivity index (χ0) is 16.8. The van der Waals surface area contributed by atoms with Crippen molar-refractivity contribution in [2.24, 2.45) is 0 Å². The van der Waals surface area contributed by atoms with Gasteiger partial charge in [0.1, 0.15) is 12.0 Å². The van der Waals surface area contributed by atoms with E-state index < -0.39 is 0 Å².